The summed E-state index contributed by atoms with van der Waals surface area (Å²) >= 11 is 1.76. The van der Waals surface area contributed by atoms with Gasteiger partial charge in [-0.05, 0) is 30.5 Å². The van der Waals surface area contributed by atoms with Crippen LogP contribution in [0.5, 0.6) is 0 Å². The lowest BCUT2D eigenvalue weighted by Crippen LogP contribution is -2.39. The van der Waals surface area contributed by atoms with Crippen LogP contribution in [0, 0.1) is 5.82 Å². The number of aliphatic imine (C=N–C) groups is 1. The number of hydrogen-bond donors (Lipinski definition) is 2. The lowest BCUT2D eigenvalue weighted by atomic mass is 10.1. The van der Waals surface area contributed by atoms with Crippen molar-refractivity contribution in [1.29, 1.82) is 0 Å². The van der Waals surface area contributed by atoms with Gasteiger partial charge in [0.25, 0.3) is 0 Å². The summed E-state index contributed by atoms with van der Waals surface area (Å²) in [6, 6.07) is 6.68. The summed E-state index contributed by atoms with van der Waals surface area (Å²) in [5.41, 5.74) is 0.975. The minimum atomic E-state index is -0.195. The summed E-state index contributed by atoms with van der Waals surface area (Å²) < 4.78 is 13.1. The molecule has 0 unspecified atom stereocenters. The van der Waals surface area contributed by atoms with E-state index in [-0.39, 0.29) is 5.82 Å². The number of hydrogen-bond acceptors (Lipinski definition) is 3. The van der Waals surface area contributed by atoms with Crippen molar-refractivity contribution in [2.24, 2.45) is 4.99 Å². The highest BCUT2D eigenvalue weighted by atomic mass is 32.1. The maximum absolute atomic E-state index is 13.1. The molecule has 0 aliphatic heterocycles. The van der Waals surface area contributed by atoms with E-state index in [4.69, 9.17) is 0 Å². The fraction of sp³-hybridized carbons (Fsp3) is 0.412. The molecule has 2 aromatic rings. The zero-order chi connectivity index (χ0) is 16.5. The summed E-state index contributed by atoms with van der Waals surface area (Å²) in [6.07, 6.45) is 4.63. The van der Waals surface area contributed by atoms with Gasteiger partial charge in [0.2, 0.25) is 0 Å². The van der Waals surface area contributed by atoms with Crippen molar-refractivity contribution in [1.82, 2.24) is 15.6 Å². The molecule has 124 valence electrons. The number of guanidine groups is 1. The average Bonchev–Trinajstić information content (AvgIpc) is 3.01. The van der Waals surface area contributed by atoms with Crippen molar-refractivity contribution < 1.29 is 4.39 Å². The molecule has 1 aromatic heterocycles. The summed E-state index contributed by atoms with van der Waals surface area (Å²) in [7, 11) is 1.75. The van der Waals surface area contributed by atoms with Crippen LogP contribution in [0.1, 0.15) is 22.4 Å². The van der Waals surface area contributed by atoms with Crippen LogP contribution in [-0.4, -0.2) is 31.1 Å². The third-order valence-corrected chi connectivity index (χ3v) is 4.60. The number of aryl methyl sites for hydroxylation is 1. The van der Waals surface area contributed by atoms with Crippen molar-refractivity contribution in [3.63, 3.8) is 0 Å². The molecule has 4 nitrogen and oxygen atoms in total. The molecule has 0 radical (unpaired) electrons. The summed E-state index contributed by atoms with van der Waals surface area (Å²) in [5.74, 6) is 0.563. The zero-order valence-corrected chi connectivity index (χ0v) is 14.4. The first kappa shape index (κ1) is 17.4. The summed E-state index contributed by atoms with van der Waals surface area (Å²) in [4.78, 5) is 9.91. The highest BCUT2D eigenvalue weighted by molar-refractivity contribution is 7.11. The second-order valence-corrected chi connectivity index (χ2v) is 6.33. The van der Waals surface area contributed by atoms with Crippen molar-refractivity contribution >= 4 is 17.3 Å². The van der Waals surface area contributed by atoms with Crippen LogP contribution in [0.2, 0.25) is 0 Å². The van der Waals surface area contributed by atoms with Crippen molar-refractivity contribution in [2.75, 3.05) is 20.1 Å². The number of benzene rings is 1. The molecule has 2 N–H and O–H groups in total. The number of aromatic nitrogens is 1. The lowest BCUT2D eigenvalue weighted by molar-refractivity contribution is 0.625. The van der Waals surface area contributed by atoms with Gasteiger partial charge in [-0.25, -0.2) is 9.37 Å². The first-order valence-electron chi connectivity index (χ1n) is 7.83. The summed E-state index contributed by atoms with van der Waals surface area (Å²) in [5, 5.41) is 7.66. The molecule has 0 amide bonds. The first-order chi connectivity index (χ1) is 11.2. The first-order valence-corrected chi connectivity index (χ1v) is 8.65. The van der Waals surface area contributed by atoms with Gasteiger partial charge in [-0.1, -0.05) is 19.1 Å². The lowest BCUT2D eigenvalue weighted by Gasteiger charge is -2.11. The Balaban J connectivity index is 1.69. The van der Waals surface area contributed by atoms with Crippen LogP contribution in [0.25, 0.3) is 0 Å². The molecule has 6 heteroatoms. The Labute approximate surface area is 140 Å². The second kappa shape index (κ2) is 9.25. The van der Waals surface area contributed by atoms with E-state index in [1.807, 2.05) is 12.3 Å². The van der Waals surface area contributed by atoms with E-state index in [9.17, 15) is 4.39 Å². The van der Waals surface area contributed by atoms with Gasteiger partial charge in [0.05, 0.1) is 5.01 Å². The van der Waals surface area contributed by atoms with Crippen molar-refractivity contribution in [2.45, 2.75) is 26.2 Å². The Morgan fingerprint density at radius 2 is 2.04 bits per heavy atom. The Hall–Kier alpha value is -1.95. The number of rotatable bonds is 7. The molecular formula is C17H23FN4S. The topological polar surface area (TPSA) is 49.3 Å². The highest BCUT2D eigenvalue weighted by Gasteiger charge is 2.02. The number of nitrogens with zero attached hydrogens (tertiary/aromatic N) is 2. The molecule has 0 aliphatic carbocycles. The maximum Gasteiger partial charge on any atom is 0.191 e. The van der Waals surface area contributed by atoms with E-state index < -0.39 is 0 Å². The average molecular weight is 334 g/mol. The molecule has 0 saturated heterocycles. The van der Waals surface area contributed by atoms with E-state index in [0.717, 1.165) is 42.3 Å². The fourth-order valence-electron chi connectivity index (χ4n) is 2.15. The van der Waals surface area contributed by atoms with Gasteiger partial charge in [-0.3, -0.25) is 4.99 Å². The normalized spacial score (nSPS) is 11.5. The molecule has 2 rings (SSSR count). The van der Waals surface area contributed by atoms with E-state index in [1.54, 1.807) is 30.5 Å². The molecule has 0 saturated carbocycles. The van der Waals surface area contributed by atoms with Gasteiger partial charge < -0.3 is 10.6 Å². The van der Waals surface area contributed by atoms with Crippen molar-refractivity contribution in [3.05, 3.63) is 51.7 Å². The zero-order valence-electron chi connectivity index (χ0n) is 13.6. The molecule has 0 spiro atoms. The molecule has 0 bridgehead atoms. The van der Waals surface area contributed by atoms with E-state index in [2.05, 4.69) is 27.5 Å². The second-order valence-electron chi connectivity index (χ2n) is 5.13. The predicted molar refractivity (Wildman–Crippen MR) is 94.7 cm³/mol. The largest absolute Gasteiger partial charge is 0.356 e. The molecular weight excluding hydrogens is 311 g/mol. The fourth-order valence-corrected chi connectivity index (χ4v) is 3.02. The van der Waals surface area contributed by atoms with Crippen molar-refractivity contribution in [3.8, 4) is 0 Å². The van der Waals surface area contributed by atoms with Crippen LogP contribution in [0.4, 0.5) is 4.39 Å². The third-order valence-electron chi connectivity index (χ3n) is 3.40. The van der Waals surface area contributed by atoms with Crippen LogP contribution in [0.15, 0.2) is 35.5 Å². The van der Waals surface area contributed by atoms with E-state index in [1.165, 1.54) is 10.9 Å². The minimum absolute atomic E-state index is 0.195. The van der Waals surface area contributed by atoms with Gasteiger partial charge >= 0.3 is 0 Å². The molecule has 0 aliphatic rings. The molecule has 23 heavy (non-hydrogen) atoms. The number of thiazole rings is 1. The third kappa shape index (κ3) is 5.98. The van der Waals surface area contributed by atoms with Gasteiger partial charge in [0, 0.05) is 37.6 Å². The Bertz CT molecular complexity index is 639. The van der Waals surface area contributed by atoms with E-state index in [0.29, 0.717) is 6.54 Å². The van der Waals surface area contributed by atoms with Gasteiger partial charge in [-0.15, -0.1) is 11.3 Å². The van der Waals surface area contributed by atoms with Crippen LogP contribution < -0.4 is 10.6 Å². The standard InChI is InChI=1S/C17H23FN4S/c1-3-15-12-22-16(23-15)8-10-21-17(19-2)20-9-7-13-5-4-6-14(18)11-13/h4-6,11-12H,3,7-10H2,1-2H3,(H2,19,20,21). The highest BCUT2D eigenvalue weighted by Crippen LogP contribution is 2.13. The monoisotopic (exact) mass is 334 g/mol. The quantitative estimate of drug-likeness (QED) is 0.605. The SMILES string of the molecule is CCc1cnc(CCNC(=NC)NCCc2cccc(F)c2)s1. The molecule has 1 heterocycles. The number of nitrogens with one attached hydrogen (secondary N) is 2. The molecule has 0 atom stereocenters. The van der Waals surface area contributed by atoms with Crippen LogP contribution in [0.3, 0.4) is 0 Å². The van der Waals surface area contributed by atoms with Crippen LogP contribution in [-0.2, 0) is 19.3 Å². The maximum atomic E-state index is 13.1. The smallest absolute Gasteiger partial charge is 0.191 e. The molecule has 0 fully saturated rings. The van der Waals surface area contributed by atoms with Crippen LogP contribution >= 0.6 is 11.3 Å². The molecule has 1 aromatic carbocycles. The number of halogens is 1. The minimum Gasteiger partial charge on any atom is -0.356 e. The Kier molecular flexibility index (Phi) is 7.00. The predicted octanol–water partition coefficient (Wildman–Crippen LogP) is 2.79. The van der Waals surface area contributed by atoms with Gasteiger partial charge in [0.1, 0.15) is 5.82 Å². The van der Waals surface area contributed by atoms with Gasteiger partial charge in [-0.2, -0.15) is 0 Å². The Morgan fingerprint density at radius 3 is 2.70 bits per heavy atom. The summed E-state index contributed by atoms with van der Waals surface area (Å²) in [6.45, 7) is 3.64. The Morgan fingerprint density at radius 1 is 1.26 bits per heavy atom. The van der Waals surface area contributed by atoms with Gasteiger partial charge in [0.15, 0.2) is 5.96 Å². The van der Waals surface area contributed by atoms with E-state index >= 15 is 0 Å².